The number of nitrogens with one attached hydrogen (secondary N) is 1. The summed E-state index contributed by atoms with van der Waals surface area (Å²) in [6, 6.07) is 0.697. The minimum absolute atomic E-state index is 0.697. The summed E-state index contributed by atoms with van der Waals surface area (Å²) in [5.74, 6) is 0.793. The molecule has 0 aromatic carbocycles. The van der Waals surface area contributed by atoms with Crippen LogP contribution in [-0.2, 0) is 0 Å². The van der Waals surface area contributed by atoms with Gasteiger partial charge in [0.1, 0.15) is 0 Å². The van der Waals surface area contributed by atoms with E-state index in [4.69, 9.17) is 0 Å². The molecule has 0 radical (unpaired) electrons. The summed E-state index contributed by atoms with van der Waals surface area (Å²) < 4.78 is 0. The molecule has 0 aromatic heterocycles. The van der Waals surface area contributed by atoms with Crippen molar-refractivity contribution in [2.45, 2.75) is 65.3 Å². The fraction of sp³-hybridized carbons (Fsp3) is 1.00. The van der Waals surface area contributed by atoms with E-state index in [2.05, 4.69) is 31.0 Å². The van der Waals surface area contributed by atoms with Crippen molar-refractivity contribution in [1.82, 2.24) is 10.2 Å². The molecule has 2 unspecified atom stereocenters. The van der Waals surface area contributed by atoms with Gasteiger partial charge in [0.05, 0.1) is 0 Å². The van der Waals surface area contributed by atoms with Crippen LogP contribution in [0, 0.1) is 5.92 Å². The normalized spacial score (nSPS) is 20.6. The predicted octanol–water partition coefficient (Wildman–Crippen LogP) is 3.28. The van der Waals surface area contributed by atoms with Crippen LogP contribution in [0.15, 0.2) is 0 Å². The highest BCUT2D eigenvalue weighted by Gasteiger charge is 2.14. The Morgan fingerprint density at radius 3 is 2.47 bits per heavy atom. The first-order valence-electron chi connectivity index (χ1n) is 7.68. The topological polar surface area (TPSA) is 15.3 Å². The highest BCUT2D eigenvalue weighted by Crippen LogP contribution is 2.10. The Balaban J connectivity index is 1.99. The van der Waals surface area contributed by atoms with Crippen LogP contribution in [0.3, 0.4) is 0 Å². The Kier molecular flexibility index (Phi) is 7.87. The molecule has 1 heterocycles. The number of nitrogens with zero attached hydrogens (tertiary/aromatic N) is 1. The second kappa shape index (κ2) is 8.93. The number of likely N-dealkylation sites (tertiary alicyclic amines) is 1. The zero-order valence-corrected chi connectivity index (χ0v) is 12.2. The molecule has 1 saturated heterocycles. The fourth-order valence-electron chi connectivity index (χ4n) is 2.68. The van der Waals surface area contributed by atoms with Gasteiger partial charge in [0.2, 0.25) is 0 Å². The number of hydrogen-bond acceptors (Lipinski definition) is 2. The summed E-state index contributed by atoms with van der Waals surface area (Å²) in [4.78, 5) is 2.62. The molecule has 1 N–H and O–H groups in total. The molecule has 1 aliphatic rings. The van der Waals surface area contributed by atoms with Gasteiger partial charge in [0.15, 0.2) is 0 Å². The Morgan fingerprint density at radius 2 is 1.82 bits per heavy atom. The lowest BCUT2D eigenvalue weighted by Crippen LogP contribution is -2.35. The Bertz CT molecular complexity index is 176. The molecule has 2 atom stereocenters. The minimum atomic E-state index is 0.697. The van der Waals surface area contributed by atoms with Gasteiger partial charge in [-0.25, -0.2) is 0 Å². The van der Waals surface area contributed by atoms with Gasteiger partial charge in [-0.05, 0) is 51.7 Å². The monoisotopic (exact) mass is 240 g/mol. The summed E-state index contributed by atoms with van der Waals surface area (Å²) >= 11 is 0. The van der Waals surface area contributed by atoms with Crippen molar-refractivity contribution in [1.29, 1.82) is 0 Å². The van der Waals surface area contributed by atoms with Gasteiger partial charge in [-0.2, -0.15) is 0 Å². The van der Waals surface area contributed by atoms with Gasteiger partial charge in [0.25, 0.3) is 0 Å². The predicted molar refractivity (Wildman–Crippen MR) is 76.4 cm³/mol. The van der Waals surface area contributed by atoms with E-state index >= 15 is 0 Å². The maximum absolute atomic E-state index is 3.69. The van der Waals surface area contributed by atoms with E-state index in [9.17, 15) is 0 Å². The third kappa shape index (κ3) is 7.05. The molecule has 0 aliphatic carbocycles. The number of hydrogen-bond donors (Lipinski definition) is 1. The van der Waals surface area contributed by atoms with Gasteiger partial charge >= 0.3 is 0 Å². The average Bonchev–Trinajstić information content (AvgIpc) is 2.79. The van der Waals surface area contributed by atoms with E-state index in [-0.39, 0.29) is 0 Å². The molecule has 0 bridgehead atoms. The van der Waals surface area contributed by atoms with E-state index in [0.717, 1.165) is 5.92 Å². The maximum atomic E-state index is 3.69. The first-order valence-corrected chi connectivity index (χ1v) is 7.68. The van der Waals surface area contributed by atoms with E-state index in [1.165, 1.54) is 64.7 Å². The van der Waals surface area contributed by atoms with Crippen LogP contribution in [0.25, 0.3) is 0 Å². The second-order valence-corrected chi connectivity index (χ2v) is 5.92. The zero-order chi connectivity index (χ0) is 12.5. The Morgan fingerprint density at radius 1 is 1.12 bits per heavy atom. The third-order valence-electron chi connectivity index (χ3n) is 3.82. The van der Waals surface area contributed by atoms with Crippen LogP contribution >= 0.6 is 0 Å². The van der Waals surface area contributed by atoms with Crippen LogP contribution in [0.5, 0.6) is 0 Å². The zero-order valence-electron chi connectivity index (χ0n) is 12.2. The Labute approximate surface area is 108 Å². The van der Waals surface area contributed by atoms with E-state index < -0.39 is 0 Å². The molecule has 1 fully saturated rings. The highest BCUT2D eigenvalue weighted by atomic mass is 15.1. The molecule has 17 heavy (non-hydrogen) atoms. The van der Waals surface area contributed by atoms with Crippen molar-refractivity contribution >= 4 is 0 Å². The van der Waals surface area contributed by atoms with Crippen LogP contribution in [-0.4, -0.2) is 37.1 Å². The van der Waals surface area contributed by atoms with E-state index in [1.54, 1.807) is 0 Å². The molecule has 2 heteroatoms. The largest absolute Gasteiger partial charge is 0.314 e. The van der Waals surface area contributed by atoms with Crippen molar-refractivity contribution in [3.8, 4) is 0 Å². The molecule has 2 nitrogen and oxygen atoms in total. The van der Waals surface area contributed by atoms with Gasteiger partial charge in [-0.15, -0.1) is 0 Å². The van der Waals surface area contributed by atoms with Crippen LogP contribution < -0.4 is 5.32 Å². The minimum Gasteiger partial charge on any atom is -0.314 e. The van der Waals surface area contributed by atoms with Gasteiger partial charge < -0.3 is 10.2 Å². The van der Waals surface area contributed by atoms with Crippen molar-refractivity contribution < 1.29 is 0 Å². The molecular weight excluding hydrogens is 208 g/mol. The first kappa shape index (κ1) is 15.0. The van der Waals surface area contributed by atoms with E-state index in [1.807, 2.05) is 0 Å². The molecule has 0 spiro atoms. The van der Waals surface area contributed by atoms with Crippen molar-refractivity contribution in [3.05, 3.63) is 0 Å². The van der Waals surface area contributed by atoms with E-state index in [0.29, 0.717) is 6.04 Å². The summed E-state index contributed by atoms with van der Waals surface area (Å²) in [5, 5.41) is 3.69. The van der Waals surface area contributed by atoms with Crippen LogP contribution in [0.2, 0.25) is 0 Å². The molecular formula is C15H32N2. The van der Waals surface area contributed by atoms with Crippen molar-refractivity contribution in [2.75, 3.05) is 26.2 Å². The lowest BCUT2D eigenvalue weighted by atomic mass is 10.1. The lowest BCUT2D eigenvalue weighted by molar-refractivity contribution is 0.277. The summed E-state index contributed by atoms with van der Waals surface area (Å²) in [6.45, 7) is 12.1. The third-order valence-corrected chi connectivity index (χ3v) is 3.82. The summed E-state index contributed by atoms with van der Waals surface area (Å²) in [6.07, 6.45) is 8.25. The maximum Gasteiger partial charge on any atom is 0.00388 e. The number of rotatable bonds is 9. The first-order chi connectivity index (χ1) is 8.22. The standard InChI is InChI=1S/C15H32N2/c1-4-5-6-9-15(3)16-12-14(2)13-17-10-7-8-11-17/h14-16H,4-13H2,1-3H3. The van der Waals surface area contributed by atoms with Crippen LogP contribution in [0.1, 0.15) is 59.3 Å². The number of unbranched alkanes of at least 4 members (excludes halogenated alkanes) is 2. The molecule has 0 amide bonds. The van der Waals surface area contributed by atoms with Gasteiger partial charge in [0, 0.05) is 12.6 Å². The smallest absolute Gasteiger partial charge is 0.00388 e. The van der Waals surface area contributed by atoms with Gasteiger partial charge in [-0.3, -0.25) is 0 Å². The summed E-state index contributed by atoms with van der Waals surface area (Å²) in [5.41, 5.74) is 0. The van der Waals surface area contributed by atoms with Crippen molar-refractivity contribution in [3.63, 3.8) is 0 Å². The highest BCUT2D eigenvalue weighted by molar-refractivity contribution is 4.71. The fourth-order valence-corrected chi connectivity index (χ4v) is 2.68. The molecule has 0 saturated carbocycles. The lowest BCUT2D eigenvalue weighted by Gasteiger charge is -2.22. The van der Waals surface area contributed by atoms with Crippen molar-refractivity contribution in [2.24, 2.45) is 5.92 Å². The summed E-state index contributed by atoms with van der Waals surface area (Å²) in [7, 11) is 0. The second-order valence-electron chi connectivity index (χ2n) is 5.92. The molecule has 1 aliphatic heterocycles. The average molecular weight is 240 g/mol. The molecule has 1 rings (SSSR count). The Hall–Kier alpha value is -0.0800. The quantitative estimate of drug-likeness (QED) is 0.622. The van der Waals surface area contributed by atoms with Gasteiger partial charge in [-0.1, -0.05) is 33.1 Å². The molecule has 0 aromatic rings. The van der Waals surface area contributed by atoms with Crippen LogP contribution in [0.4, 0.5) is 0 Å². The SMILES string of the molecule is CCCCCC(C)NCC(C)CN1CCCC1. The molecule has 102 valence electrons.